The summed E-state index contributed by atoms with van der Waals surface area (Å²) in [6.07, 6.45) is 0. The quantitative estimate of drug-likeness (QED) is 0.169. The van der Waals surface area contributed by atoms with E-state index in [9.17, 15) is 0 Å². The van der Waals surface area contributed by atoms with Crippen LogP contribution >= 0.6 is 0 Å². The Morgan fingerprint density at radius 2 is 1.04 bits per heavy atom. The van der Waals surface area contributed by atoms with Crippen LogP contribution in [0.5, 0.6) is 0 Å². The van der Waals surface area contributed by atoms with Gasteiger partial charge in [0.1, 0.15) is 11.2 Å². The predicted molar refractivity (Wildman–Crippen MR) is 223 cm³/mol. The van der Waals surface area contributed by atoms with Crippen LogP contribution in [0.4, 0.5) is 17.1 Å². The van der Waals surface area contributed by atoms with Gasteiger partial charge < -0.3 is 13.9 Å². The van der Waals surface area contributed by atoms with Gasteiger partial charge >= 0.3 is 0 Å². The topological polar surface area (TPSA) is 21.3 Å². The molecule has 2 heterocycles. The summed E-state index contributed by atoms with van der Waals surface area (Å²) in [4.78, 5) is 2.33. The zero-order valence-electron chi connectivity index (χ0n) is 28.8. The molecule has 9 aromatic carbocycles. The van der Waals surface area contributed by atoms with Crippen LogP contribution in [-0.4, -0.2) is 4.57 Å². The lowest BCUT2D eigenvalue weighted by atomic mass is 9.96. The molecule has 0 aliphatic rings. The molecule has 0 fully saturated rings. The summed E-state index contributed by atoms with van der Waals surface area (Å²) >= 11 is 0. The maximum absolute atomic E-state index is 6.29. The fraction of sp³-hybridized carbons (Fsp3) is 0. The van der Waals surface area contributed by atoms with Gasteiger partial charge in [0, 0.05) is 49.9 Å². The lowest BCUT2D eigenvalue weighted by molar-refractivity contribution is 0.669. The monoisotopic (exact) mass is 676 g/mol. The first-order valence-electron chi connectivity index (χ1n) is 18.1. The number of furan rings is 1. The van der Waals surface area contributed by atoms with Gasteiger partial charge in [0.25, 0.3) is 0 Å². The number of fused-ring (bicyclic) bond motifs is 10. The second-order valence-corrected chi connectivity index (χ2v) is 13.7. The highest BCUT2D eigenvalue weighted by atomic mass is 16.3. The second-order valence-electron chi connectivity index (χ2n) is 13.7. The minimum absolute atomic E-state index is 0.891. The second kappa shape index (κ2) is 11.7. The molecule has 3 heteroatoms. The Hall–Kier alpha value is -7.10. The minimum atomic E-state index is 0.891. The highest BCUT2D eigenvalue weighted by Gasteiger charge is 2.21. The van der Waals surface area contributed by atoms with E-state index in [-0.39, 0.29) is 0 Å². The summed E-state index contributed by atoms with van der Waals surface area (Å²) in [7, 11) is 0. The smallest absolute Gasteiger partial charge is 0.135 e. The summed E-state index contributed by atoms with van der Waals surface area (Å²) in [5.41, 5.74) is 10.9. The normalized spacial score (nSPS) is 11.8. The number of para-hydroxylation sites is 4. The van der Waals surface area contributed by atoms with Gasteiger partial charge in [0.05, 0.1) is 11.0 Å². The maximum Gasteiger partial charge on any atom is 0.135 e. The molecule has 0 bridgehead atoms. The average Bonchev–Trinajstić information content (AvgIpc) is 3.77. The minimum Gasteiger partial charge on any atom is -0.456 e. The molecule has 11 aromatic rings. The summed E-state index contributed by atoms with van der Waals surface area (Å²) < 4.78 is 8.77. The first kappa shape index (κ1) is 29.6. The molecule has 0 aliphatic carbocycles. The van der Waals surface area contributed by atoms with E-state index < -0.39 is 0 Å². The molecule has 0 N–H and O–H groups in total. The summed E-state index contributed by atoms with van der Waals surface area (Å²) in [5, 5.41) is 9.75. The molecule has 0 amide bonds. The van der Waals surface area contributed by atoms with Crippen LogP contribution in [0.2, 0.25) is 0 Å². The van der Waals surface area contributed by atoms with Crippen molar-refractivity contribution in [2.75, 3.05) is 4.90 Å². The van der Waals surface area contributed by atoms with Crippen molar-refractivity contribution >= 4 is 82.4 Å². The number of rotatable bonds is 5. The summed E-state index contributed by atoms with van der Waals surface area (Å²) in [6, 6.07) is 69.8. The van der Waals surface area contributed by atoms with Crippen LogP contribution < -0.4 is 4.90 Å². The van der Waals surface area contributed by atoms with Crippen molar-refractivity contribution in [3.63, 3.8) is 0 Å². The SMILES string of the molecule is c1ccc(N(c2ccccc2)c2cccc(-c3cccc4c5c6c(ccc7ccccc76)ccc5n(-c5ccc6oc7ccccc7c6c5)c34)c2)cc1. The largest absolute Gasteiger partial charge is 0.456 e. The standard InChI is InChI=1S/C50H32N2O/c1-3-15-36(16-4-1)51(37-17-5-2-6-18-37)38-19-11-14-35(31-38)41-22-12-23-43-49-45(29-27-34-26-25-33-13-7-8-20-40(33)48(34)49)52(50(41)43)39-28-30-47-44(32-39)42-21-9-10-24-46(42)53-47/h1-32H. The van der Waals surface area contributed by atoms with Crippen molar-refractivity contribution in [2.45, 2.75) is 0 Å². The van der Waals surface area contributed by atoms with Gasteiger partial charge in [-0.25, -0.2) is 0 Å². The molecule has 0 aliphatic heterocycles. The molecule has 0 unspecified atom stereocenters. The number of hydrogen-bond donors (Lipinski definition) is 0. The predicted octanol–water partition coefficient (Wildman–Crippen LogP) is 14.1. The molecule has 2 aromatic heterocycles. The maximum atomic E-state index is 6.29. The van der Waals surface area contributed by atoms with Crippen molar-refractivity contribution in [3.8, 4) is 16.8 Å². The Balaban J connectivity index is 1.24. The van der Waals surface area contributed by atoms with E-state index in [2.05, 4.69) is 191 Å². The fourth-order valence-corrected chi connectivity index (χ4v) is 8.42. The molecule has 0 atom stereocenters. The number of hydrogen-bond acceptors (Lipinski definition) is 2. The third kappa shape index (κ3) is 4.61. The van der Waals surface area contributed by atoms with Gasteiger partial charge in [-0.05, 0) is 93.8 Å². The number of aromatic nitrogens is 1. The Bertz CT molecular complexity index is 3130. The van der Waals surface area contributed by atoms with E-state index in [1.165, 1.54) is 48.9 Å². The van der Waals surface area contributed by atoms with Gasteiger partial charge in [0.15, 0.2) is 0 Å². The van der Waals surface area contributed by atoms with Gasteiger partial charge in [0.2, 0.25) is 0 Å². The molecule has 0 radical (unpaired) electrons. The van der Waals surface area contributed by atoms with E-state index in [4.69, 9.17) is 4.42 Å². The van der Waals surface area contributed by atoms with Crippen LogP contribution in [0.3, 0.4) is 0 Å². The van der Waals surface area contributed by atoms with Crippen molar-refractivity contribution in [2.24, 2.45) is 0 Å². The van der Waals surface area contributed by atoms with Crippen LogP contribution in [0.15, 0.2) is 199 Å². The van der Waals surface area contributed by atoms with E-state index in [0.29, 0.717) is 0 Å². The molecular weight excluding hydrogens is 645 g/mol. The Morgan fingerprint density at radius 3 is 1.87 bits per heavy atom. The van der Waals surface area contributed by atoms with E-state index in [0.717, 1.165) is 50.3 Å². The zero-order chi connectivity index (χ0) is 34.9. The molecule has 0 saturated carbocycles. The van der Waals surface area contributed by atoms with E-state index in [1.807, 2.05) is 12.1 Å². The van der Waals surface area contributed by atoms with Crippen molar-refractivity contribution in [1.29, 1.82) is 0 Å². The third-order valence-corrected chi connectivity index (χ3v) is 10.7. The number of anilines is 3. The van der Waals surface area contributed by atoms with Crippen LogP contribution in [0.1, 0.15) is 0 Å². The van der Waals surface area contributed by atoms with E-state index >= 15 is 0 Å². The van der Waals surface area contributed by atoms with Crippen LogP contribution in [-0.2, 0) is 0 Å². The summed E-state index contributed by atoms with van der Waals surface area (Å²) in [6.45, 7) is 0. The van der Waals surface area contributed by atoms with E-state index in [1.54, 1.807) is 0 Å². The molecule has 0 spiro atoms. The molecular formula is C50H32N2O. The first-order chi connectivity index (χ1) is 26.3. The van der Waals surface area contributed by atoms with Crippen LogP contribution in [0, 0.1) is 0 Å². The highest BCUT2D eigenvalue weighted by molar-refractivity contribution is 6.29. The van der Waals surface area contributed by atoms with Crippen molar-refractivity contribution < 1.29 is 4.42 Å². The third-order valence-electron chi connectivity index (χ3n) is 10.7. The number of benzene rings is 9. The summed E-state index contributed by atoms with van der Waals surface area (Å²) in [5.74, 6) is 0. The lowest BCUT2D eigenvalue weighted by Gasteiger charge is -2.26. The zero-order valence-corrected chi connectivity index (χ0v) is 28.8. The average molecular weight is 677 g/mol. The van der Waals surface area contributed by atoms with Crippen LogP contribution in [0.25, 0.3) is 82.1 Å². The lowest BCUT2D eigenvalue weighted by Crippen LogP contribution is -2.09. The molecule has 248 valence electrons. The first-order valence-corrected chi connectivity index (χ1v) is 18.1. The Morgan fingerprint density at radius 1 is 0.396 bits per heavy atom. The Kier molecular flexibility index (Phi) is 6.55. The molecule has 0 saturated heterocycles. The van der Waals surface area contributed by atoms with Gasteiger partial charge in [-0.1, -0.05) is 127 Å². The Labute approximate surface area is 306 Å². The van der Waals surface area contributed by atoms with Gasteiger partial charge in [-0.2, -0.15) is 0 Å². The van der Waals surface area contributed by atoms with Crippen molar-refractivity contribution in [1.82, 2.24) is 4.57 Å². The molecule has 53 heavy (non-hydrogen) atoms. The molecule has 3 nitrogen and oxygen atoms in total. The fourth-order valence-electron chi connectivity index (χ4n) is 8.42. The van der Waals surface area contributed by atoms with Gasteiger partial charge in [-0.3, -0.25) is 0 Å². The highest BCUT2D eigenvalue weighted by Crippen LogP contribution is 2.45. The van der Waals surface area contributed by atoms with Crippen molar-refractivity contribution in [3.05, 3.63) is 194 Å². The number of nitrogens with zero attached hydrogens (tertiary/aromatic N) is 2. The molecule has 11 rings (SSSR count). The van der Waals surface area contributed by atoms with Gasteiger partial charge in [-0.15, -0.1) is 0 Å².